The molecule has 7 heteroatoms. The lowest BCUT2D eigenvalue weighted by Gasteiger charge is -2.15. The number of carbonyl (C=O) groups is 2. The molecule has 0 fully saturated rings. The van der Waals surface area contributed by atoms with Crippen LogP contribution in [0.1, 0.15) is 19.3 Å². The summed E-state index contributed by atoms with van der Waals surface area (Å²) in [5.41, 5.74) is 0. The normalized spacial score (nSPS) is 12.2. The molecule has 0 aliphatic heterocycles. The van der Waals surface area contributed by atoms with Gasteiger partial charge < -0.3 is 25.4 Å². The number of rotatable bonds is 10. The summed E-state index contributed by atoms with van der Waals surface area (Å²) < 4.78 is 4.80. The van der Waals surface area contributed by atoms with Gasteiger partial charge in [-0.1, -0.05) is 0 Å². The number of ether oxygens (including phenoxy) is 1. The molecular weight excluding hydrogens is 250 g/mol. The third-order valence-electron chi connectivity index (χ3n) is 2.53. The Morgan fingerprint density at radius 2 is 2.00 bits per heavy atom. The van der Waals surface area contributed by atoms with Gasteiger partial charge in [-0.05, 0) is 33.5 Å². The first-order valence-corrected chi connectivity index (χ1v) is 6.38. The number of methoxy groups -OCH3 is 1. The van der Waals surface area contributed by atoms with Crippen molar-refractivity contribution in [1.29, 1.82) is 0 Å². The molecule has 0 spiro atoms. The molecule has 0 aliphatic carbocycles. The number of carbonyl (C=O) groups excluding carboxylic acids is 1. The van der Waals surface area contributed by atoms with E-state index in [-0.39, 0.29) is 6.42 Å². The summed E-state index contributed by atoms with van der Waals surface area (Å²) in [6.45, 7) is 1.80. The Labute approximate surface area is 114 Å². The highest BCUT2D eigenvalue weighted by atomic mass is 16.5. The second-order valence-electron chi connectivity index (χ2n) is 4.58. The first kappa shape index (κ1) is 17.7. The molecule has 0 aromatic carbocycles. The molecule has 7 nitrogen and oxygen atoms in total. The van der Waals surface area contributed by atoms with E-state index >= 15 is 0 Å². The number of carboxylic acids is 1. The largest absolute Gasteiger partial charge is 0.480 e. The number of carboxylic acid groups (broad SMARTS) is 1. The van der Waals surface area contributed by atoms with E-state index in [2.05, 4.69) is 15.5 Å². The van der Waals surface area contributed by atoms with E-state index in [4.69, 9.17) is 9.84 Å². The number of unbranched alkanes of at least 4 members (excludes halogenated alkanes) is 1. The summed E-state index contributed by atoms with van der Waals surface area (Å²) in [6.07, 6.45) is 2.10. The fourth-order valence-electron chi connectivity index (χ4n) is 1.46. The Bertz CT molecular complexity index is 272. The molecule has 2 amide bonds. The molecule has 0 bridgehead atoms. The zero-order valence-electron chi connectivity index (χ0n) is 11.9. The summed E-state index contributed by atoms with van der Waals surface area (Å²) in [6, 6.07) is -1.37. The topological polar surface area (TPSA) is 90.9 Å². The lowest BCUT2D eigenvalue weighted by molar-refractivity contribution is -0.139. The number of nitrogens with zero attached hydrogens (tertiary/aromatic N) is 1. The molecule has 0 aromatic rings. The number of hydrogen-bond donors (Lipinski definition) is 3. The SMILES string of the molecule is COCCC(NC(=O)NCCCCN(C)C)C(=O)O. The molecule has 0 aromatic heterocycles. The van der Waals surface area contributed by atoms with Crippen LogP contribution in [0.3, 0.4) is 0 Å². The van der Waals surface area contributed by atoms with Crippen molar-refractivity contribution in [2.75, 3.05) is 40.9 Å². The molecule has 0 saturated heterocycles. The Morgan fingerprint density at radius 3 is 2.53 bits per heavy atom. The third kappa shape index (κ3) is 10.3. The Kier molecular flexibility index (Phi) is 9.82. The predicted molar refractivity (Wildman–Crippen MR) is 72.2 cm³/mol. The van der Waals surface area contributed by atoms with E-state index in [1.807, 2.05) is 14.1 Å². The van der Waals surface area contributed by atoms with Gasteiger partial charge in [0.05, 0.1) is 0 Å². The molecule has 0 heterocycles. The molecular formula is C12H25N3O4. The van der Waals surface area contributed by atoms with E-state index in [9.17, 15) is 9.59 Å². The molecule has 0 radical (unpaired) electrons. The van der Waals surface area contributed by atoms with Gasteiger partial charge in [0.2, 0.25) is 0 Å². The third-order valence-corrected chi connectivity index (χ3v) is 2.53. The summed E-state index contributed by atoms with van der Waals surface area (Å²) in [4.78, 5) is 24.4. The van der Waals surface area contributed by atoms with Crippen LogP contribution in [0.15, 0.2) is 0 Å². The average Bonchev–Trinajstić information content (AvgIpc) is 2.33. The van der Waals surface area contributed by atoms with Gasteiger partial charge in [0.15, 0.2) is 0 Å². The summed E-state index contributed by atoms with van der Waals surface area (Å²) >= 11 is 0. The molecule has 112 valence electrons. The van der Waals surface area contributed by atoms with Crippen molar-refractivity contribution in [2.24, 2.45) is 0 Å². The van der Waals surface area contributed by atoms with Crippen LogP contribution in [0.5, 0.6) is 0 Å². The summed E-state index contributed by atoms with van der Waals surface area (Å²) in [5.74, 6) is -1.06. The number of nitrogens with one attached hydrogen (secondary N) is 2. The minimum Gasteiger partial charge on any atom is -0.480 e. The van der Waals surface area contributed by atoms with Gasteiger partial charge in [-0.2, -0.15) is 0 Å². The van der Waals surface area contributed by atoms with E-state index in [0.29, 0.717) is 13.2 Å². The smallest absolute Gasteiger partial charge is 0.326 e. The Morgan fingerprint density at radius 1 is 1.32 bits per heavy atom. The van der Waals surface area contributed by atoms with Crippen LogP contribution in [0.4, 0.5) is 4.79 Å². The second-order valence-corrected chi connectivity index (χ2v) is 4.58. The lowest BCUT2D eigenvalue weighted by Crippen LogP contribution is -2.46. The Balaban J connectivity index is 3.77. The van der Waals surface area contributed by atoms with Gasteiger partial charge in [0.25, 0.3) is 0 Å². The maximum Gasteiger partial charge on any atom is 0.326 e. The van der Waals surface area contributed by atoms with Crippen LogP contribution in [-0.2, 0) is 9.53 Å². The van der Waals surface area contributed by atoms with E-state index in [1.165, 1.54) is 7.11 Å². The standard InChI is InChI=1S/C12H25N3O4/c1-15(2)8-5-4-7-13-12(18)14-10(11(16)17)6-9-19-3/h10H,4-9H2,1-3H3,(H,16,17)(H2,13,14,18). The van der Waals surface area contributed by atoms with Gasteiger partial charge in [-0.15, -0.1) is 0 Å². The van der Waals surface area contributed by atoms with Crippen molar-refractivity contribution >= 4 is 12.0 Å². The molecule has 1 atom stereocenters. The minimum atomic E-state index is -1.06. The van der Waals surface area contributed by atoms with Crippen LogP contribution < -0.4 is 10.6 Å². The minimum absolute atomic E-state index is 0.250. The van der Waals surface area contributed by atoms with Crippen molar-refractivity contribution in [2.45, 2.75) is 25.3 Å². The zero-order chi connectivity index (χ0) is 14.7. The maximum absolute atomic E-state index is 11.5. The highest BCUT2D eigenvalue weighted by molar-refractivity contribution is 5.82. The lowest BCUT2D eigenvalue weighted by atomic mass is 10.2. The van der Waals surface area contributed by atoms with Gasteiger partial charge in [0.1, 0.15) is 6.04 Å². The molecule has 0 aliphatic rings. The number of urea groups is 1. The maximum atomic E-state index is 11.5. The molecule has 3 N–H and O–H groups in total. The highest BCUT2D eigenvalue weighted by Gasteiger charge is 2.18. The monoisotopic (exact) mass is 275 g/mol. The summed E-state index contributed by atoms with van der Waals surface area (Å²) in [7, 11) is 5.48. The van der Waals surface area contributed by atoms with Crippen LogP contribution in [0.2, 0.25) is 0 Å². The van der Waals surface area contributed by atoms with Crippen molar-refractivity contribution in [3.63, 3.8) is 0 Å². The van der Waals surface area contributed by atoms with Gasteiger partial charge in [-0.25, -0.2) is 9.59 Å². The zero-order valence-corrected chi connectivity index (χ0v) is 11.9. The van der Waals surface area contributed by atoms with Crippen LogP contribution in [0, 0.1) is 0 Å². The summed E-state index contributed by atoms with van der Waals surface area (Å²) in [5, 5.41) is 14.0. The quantitative estimate of drug-likeness (QED) is 0.493. The van der Waals surface area contributed by atoms with Gasteiger partial charge in [-0.3, -0.25) is 0 Å². The first-order chi connectivity index (χ1) is 8.97. The van der Waals surface area contributed by atoms with E-state index in [0.717, 1.165) is 19.4 Å². The van der Waals surface area contributed by atoms with Crippen molar-refractivity contribution in [1.82, 2.24) is 15.5 Å². The predicted octanol–water partition coefficient (Wildman–Crippen LogP) is 0.117. The molecule has 19 heavy (non-hydrogen) atoms. The highest BCUT2D eigenvalue weighted by Crippen LogP contribution is 1.93. The fourth-order valence-corrected chi connectivity index (χ4v) is 1.46. The van der Waals surface area contributed by atoms with Gasteiger partial charge >= 0.3 is 12.0 Å². The molecule has 0 rings (SSSR count). The van der Waals surface area contributed by atoms with Crippen LogP contribution in [0.25, 0.3) is 0 Å². The van der Waals surface area contributed by atoms with E-state index < -0.39 is 18.0 Å². The average molecular weight is 275 g/mol. The molecule has 0 saturated carbocycles. The van der Waals surface area contributed by atoms with Crippen LogP contribution >= 0.6 is 0 Å². The first-order valence-electron chi connectivity index (χ1n) is 6.38. The van der Waals surface area contributed by atoms with Crippen LogP contribution in [-0.4, -0.2) is 69.0 Å². The number of amides is 2. The van der Waals surface area contributed by atoms with E-state index in [1.54, 1.807) is 0 Å². The Hall–Kier alpha value is -1.34. The number of aliphatic carboxylic acids is 1. The fraction of sp³-hybridized carbons (Fsp3) is 0.833. The molecule has 1 unspecified atom stereocenters. The van der Waals surface area contributed by atoms with Crippen molar-refractivity contribution in [3.8, 4) is 0 Å². The second kappa shape index (κ2) is 10.6. The van der Waals surface area contributed by atoms with Crippen molar-refractivity contribution in [3.05, 3.63) is 0 Å². The number of hydrogen-bond acceptors (Lipinski definition) is 4. The van der Waals surface area contributed by atoms with Gasteiger partial charge in [0, 0.05) is 26.7 Å². The van der Waals surface area contributed by atoms with Crippen molar-refractivity contribution < 1.29 is 19.4 Å².